The first kappa shape index (κ1) is 19.9. The van der Waals surface area contributed by atoms with Crippen LogP contribution >= 0.6 is 0 Å². The molecule has 0 radical (unpaired) electrons. The number of rotatable bonds is 5. The number of aromatic nitrogens is 3. The zero-order valence-corrected chi connectivity index (χ0v) is 17.5. The first-order chi connectivity index (χ1) is 14.5. The van der Waals surface area contributed by atoms with Crippen molar-refractivity contribution in [2.75, 3.05) is 60.3 Å². The highest BCUT2D eigenvalue weighted by Gasteiger charge is 2.21. The number of hydrogen-bond donors (Lipinski definition) is 1. The lowest BCUT2D eigenvalue weighted by Gasteiger charge is -2.35. The van der Waals surface area contributed by atoms with Gasteiger partial charge >= 0.3 is 0 Å². The van der Waals surface area contributed by atoms with Gasteiger partial charge in [-0.1, -0.05) is 6.07 Å². The van der Waals surface area contributed by atoms with Gasteiger partial charge in [-0.3, -0.25) is 0 Å². The number of nitrogens with one attached hydrogen (secondary N) is 1. The van der Waals surface area contributed by atoms with E-state index in [0.717, 1.165) is 43.5 Å². The molecule has 7 nitrogen and oxygen atoms in total. The lowest BCUT2D eigenvalue weighted by atomic mass is 10.2. The van der Waals surface area contributed by atoms with Crippen LogP contribution in [0, 0.1) is 12.7 Å². The maximum atomic E-state index is 13.6. The van der Waals surface area contributed by atoms with Gasteiger partial charge in [0.2, 0.25) is 5.95 Å². The Bertz CT molecular complexity index is 1000. The molecule has 8 heteroatoms. The monoisotopic (exact) mass is 407 g/mol. The molecule has 1 N–H and O–H groups in total. The van der Waals surface area contributed by atoms with E-state index < -0.39 is 0 Å². The van der Waals surface area contributed by atoms with E-state index in [9.17, 15) is 4.39 Å². The van der Waals surface area contributed by atoms with Crippen LogP contribution in [-0.2, 0) is 0 Å². The van der Waals surface area contributed by atoms with E-state index in [1.807, 2.05) is 49.5 Å². The van der Waals surface area contributed by atoms with Crippen LogP contribution in [-0.4, -0.2) is 55.2 Å². The first-order valence-electron chi connectivity index (χ1n) is 10.00. The van der Waals surface area contributed by atoms with E-state index in [0.29, 0.717) is 17.3 Å². The number of aryl methyl sites for hydroxylation is 1. The van der Waals surface area contributed by atoms with Crippen LogP contribution < -0.4 is 20.0 Å². The van der Waals surface area contributed by atoms with Gasteiger partial charge < -0.3 is 20.0 Å². The minimum Gasteiger partial charge on any atom is -0.363 e. The Hall–Kier alpha value is -3.42. The molecule has 0 unspecified atom stereocenters. The average Bonchev–Trinajstić information content (AvgIpc) is 2.77. The van der Waals surface area contributed by atoms with Gasteiger partial charge in [-0.05, 0) is 42.8 Å². The van der Waals surface area contributed by atoms with E-state index in [-0.39, 0.29) is 5.82 Å². The Balaban J connectivity index is 1.53. The Morgan fingerprint density at radius 3 is 2.40 bits per heavy atom. The minimum absolute atomic E-state index is 0.219. The highest BCUT2D eigenvalue weighted by atomic mass is 19.1. The van der Waals surface area contributed by atoms with Crippen molar-refractivity contribution in [3.63, 3.8) is 0 Å². The summed E-state index contributed by atoms with van der Waals surface area (Å²) in [6.45, 7) is 5.07. The number of pyridine rings is 1. The van der Waals surface area contributed by atoms with Gasteiger partial charge in [-0.25, -0.2) is 9.37 Å². The van der Waals surface area contributed by atoms with Gasteiger partial charge in [0.1, 0.15) is 23.3 Å². The third-order valence-corrected chi connectivity index (χ3v) is 5.13. The van der Waals surface area contributed by atoms with Crippen molar-refractivity contribution in [3.8, 4) is 0 Å². The van der Waals surface area contributed by atoms with Crippen molar-refractivity contribution in [1.29, 1.82) is 0 Å². The summed E-state index contributed by atoms with van der Waals surface area (Å²) in [5, 5.41) is 3.29. The number of benzene rings is 1. The predicted molar refractivity (Wildman–Crippen MR) is 119 cm³/mol. The van der Waals surface area contributed by atoms with Crippen LogP contribution in [0.1, 0.15) is 5.56 Å². The second-order valence-corrected chi connectivity index (χ2v) is 7.56. The molecule has 3 aromatic rings. The molecule has 156 valence electrons. The number of hydrogen-bond acceptors (Lipinski definition) is 7. The average molecular weight is 407 g/mol. The van der Waals surface area contributed by atoms with Crippen molar-refractivity contribution < 1.29 is 4.39 Å². The van der Waals surface area contributed by atoms with Crippen molar-refractivity contribution >= 4 is 29.1 Å². The van der Waals surface area contributed by atoms with Crippen LogP contribution in [0.4, 0.5) is 33.5 Å². The highest BCUT2D eigenvalue weighted by Crippen LogP contribution is 2.24. The first-order valence-corrected chi connectivity index (χ1v) is 10.00. The molecule has 3 heterocycles. The van der Waals surface area contributed by atoms with Crippen molar-refractivity contribution in [3.05, 3.63) is 60.0 Å². The topological polar surface area (TPSA) is 60.4 Å². The third kappa shape index (κ3) is 4.42. The van der Waals surface area contributed by atoms with Gasteiger partial charge in [0, 0.05) is 58.2 Å². The molecular weight excluding hydrogens is 381 g/mol. The van der Waals surface area contributed by atoms with E-state index in [1.54, 1.807) is 19.1 Å². The number of nitrogens with zero attached hydrogens (tertiary/aromatic N) is 6. The summed E-state index contributed by atoms with van der Waals surface area (Å²) in [5.41, 5.74) is 1.39. The summed E-state index contributed by atoms with van der Waals surface area (Å²) < 4.78 is 13.6. The summed E-state index contributed by atoms with van der Waals surface area (Å²) in [4.78, 5) is 20.3. The zero-order chi connectivity index (χ0) is 21.1. The molecule has 0 amide bonds. The molecule has 1 aliphatic rings. The summed E-state index contributed by atoms with van der Waals surface area (Å²) in [6.07, 6.45) is 1.82. The van der Waals surface area contributed by atoms with Crippen LogP contribution in [0.15, 0.2) is 48.7 Å². The molecule has 0 bridgehead atoms. The lowest BCUT2D eigenvalue weighted by molar-refractivity contribution is 0.619. The normalized spacial score (nSPS) is 14.0. The maximum absolute atomic E-state index is 13.6. The highest BCUT2D eigenvalue weighted by molar-refractivity contribution is 5.62. The molecule has 1 aromatic carbocycles. The van der Waals surface area contributed by atoms with E-state index in [2.05, 4.69) is 20.1 Å². The van der Waals surface area contributed by atoms with Gasteiger partial charge in [0.25, 0.3) is 0 Å². The smallest absolute Gasteiger partial charge is 0.229 e. The van der Waals surface area contributed by atoms with Gasteiger partial charge in [-0.15, -0.1) is 0 Å². The Morgan fingerprint density at radius 1 is 0.967 bits per heavy atom. The molecular formula is C22H26FN7. The number of anilines is 5. The second-order valence-electron chi connectivity index (χ2n) is 7.56. The lowest BCUT2D eigenvalue weighted by Crippen LogP contribution is -2.47. The molecule has 1 aliphatic heterocycles. The zero-order valence-electron chi connectivity index (χ0n) is 17.5. The molecule has 0 aliphatic carbocycles. The third-order valence-electron chi connectivity index (χ3n) is 5.13. The van der Waals surface area contributed by atoms with Crippen LogP contribution in [0.5, 0.6) is 0 Å². The van der Waals surface area contributed by atoms with Crippen LogP contribution in [0.3, 0.4) is 0 Å². The van der Waals surface area contributed by atoms with Crippen molar-refractivity contribution in [2.45, 2.75) is 6.92 Å². The van der Waals surface area contributed by atoms with Gasteiger partial charge in [0.15, 0.2) is 0 Å². The van der Waals surface area contributed by atoms with Crippen molar-refractivity contribution in [1.82, 2.24) is 15.0 Å². The van der Waals surface area contributed by atoms with Gasteiger partial charge in [-0.2, -0.15) is 9.97 Å². The predicted octanol–water partition coefficient (Wildman–Crippen LogP) is 3.46. The fraction of sp³-hybridized carbons (Fsp3) is 0.318. The molecule has 0 atom stereocenters. The van der Waals surface area contributed by atoms with Crippen LogP contribution in [0.25, 0.3) is 0 Å². The number of halogens is 1. The second kappa shape index (κ2) is 8.52. The number of piperazine rings is 1. The van der Waals surface area contributed by atoms with E-state index in [1.165, 1.54) is 6.07 Å². The molecule has 0 saturated carbocycles. The molecule has 1 saturated heterocycles. The molecule has 30 heavy (non-hydrogen) atoms. The standard InChI is InChI=1S/C22H26FN7/c1-16-14-17(7-8-18(16)23)25-19-15-21(28(2)3)27-22(26-19)30-12-10-29(11-13-30)20-6-4-5-9-24-20/h4-9,14-15H,10-13H2,1-3H3,(H,25,26,27). The molecule has 4 rings (SSSR count). The van der Waals surface area contributed by atoms with Crippen LogP contribution in [0.2, 0.25) is 0 Å². The summed E-state index contributed by atoms with van der Waals surface area (Å²) in [7, 11) is 3.91. The summed E-state index contributed by atoms with van der Waals surface area (Å²) >= 11 is 0. The van der Waals surface area contributed by atoms with E-state index >= 15 is 0 Å². The van der Waals surface area contributed by atoms with E-state index in [4.69, 9.17) is 9.97 Å². The minimum atomic E-state index is -0.219. The fourth-order valence-electron chi connectivity index (χ4n) is 3.40. The molecule has 2 aromatic heterocycles. The van der Waals surface area contributed by atoms with Gasteiger partial charge in [0.05, 0.1) is 0 Å². The Kier molecular flexibility index (Phi) is 5.65. The summed E-state index contributed by atoms with van der Waals surface area (Å²) in [5.74, 6) is 2.95. The van der Waals surface area contributed by atoms with Crippen molar-refractivity contribution in [2.24, 2.45) is 0 Å². The molecule has 0 spiro atoms. The fourth-order valence-corrected chi connectivity index (χ4v) is 3.40. The molecule has 1 fully saturated rings. The summed E-state index contributed by atoms with van der Waals surface area (Å²) in [6, 6.07) is 12.8. The Labute approximate surface area is 176 Å². The quantitative estimate of drug-likeness (QED) is 0.695. The maximum Gasteiger partial charge on any atom is 0.229 e. The largest absolute Gasteiger partial charge is 0.363 e. The Morgan fingerprint density at radius 2 is 1.73 bits per heavy atom. The SMILES string of the molecule is Cc1cc(Nc2cc(N(C)C)nc(N3CCN(c4ccccn4)CC3)n2)ccc1F.